The fourth-order valence-corrected chi connectivity index (χ4v) is 2.16. The van der Waals surface area contributed by atoms with Crippen molar-refractivity contribution in [2.75, 3.05) is 33.4 Å². The second-order valence-electron chi connectivity index (χ2n) is 4.25. The van der Waals surface area contributed by atoms with E-state index in [1.165, 1.54) is 0 Å². The average Bonchev–Trinajstić information content (AvgIpc) is 2.43. The van der Waals surface area contributed by atoms with Gasteiger partial charge in [-0.3, -0.25) is 4.79 Å². The first-order valence-electron chi connectivity index (χ1n) is 6.29. The molecule has 0 bridgehead atoms. The van der Waals surface area contributed by atoms with Crippen LogP contribution in [0.2, 0.25) is 0 Å². The minimum atomic E-state index is -0.397. The number of aliphatic hydroxyl groups is 1. The zero-order valence-corrected chi connectivity index (χ0v) is 12.1. The van der Waals surface area contributed by atoms with Crippen molar-refractivity contribution < 1.29 is 14.6 Å². The molecular formula is C14H21NO3S. The molecule has 0 saturated heterocycles. The summed E-state index contributed by atoms with van der Waals surface area (Å²) >= 11 is 4.38. The lowest BCUT2D eigenvalue weighted by Crippen LogP contribution is -2.41. The minimum absolute atomic E-state index is 0.0543. The summed E-state index contributed by atoms with van der Waals surface area (Å²) in [6.45, 7) is 1.19. The lowest BCUT2D eigenvalue weighted by atomic mass is 10.1. The Kier molecular flexibility index (Phi) is 7.55. The third-order valence-electron chi connectivity index (χ3n) is 2.80. The predicted octanol–water partition coefficient (Wildman–Crippen LogP) is 0.995. The molecular weight excluding hydrogens is 262 g/mol. The summed E-state index contributed by atoms with van der Waals surface area (Å²) in [5.74, 6) is -0.0710. The van der Waals surface area contributed by atoms with Crippen molar-refractivity contribution in [1.82, 2.24) is 4.90 Å². The smallest absolute Gasteiger partial charge is 0.235 e. The highest BCUT2D eigenvalue weighted by Gasteiger charge is 2.20. The van der Waals surface area contributed by atoms with E-state index in [2.05, 4.69) is 12.6 Å². The van der Waals surface area contributed by atoms with E-state index in [0.29, 0.717) is 26.1 Å². The van der Waals surface area contributed by atoms with Crippen LogP contribution >= 0.6 is 12.6 Å². The number of amides is 1. The molecule has 1 aromatic rings. The second-order valence-corrected chi connectivity index (χ2v) is 4.87. The van der Waals surface area contributed by atoms with Crippen LogP contribution in [-0.4, -0.2) is 54.6 Å². The number of ether oxygens (including phenoxy) is 1. The highest BCUT2D eigenvalue weighted by atomic mass is 32.1. The Morgan fingerprint density at radius 1 is 1.37 bits per heavy atom. The van der Waals surface area contributed by atoms with Crippen LogP contribution in [0, 0.1) is 0 Å². The lowest BCUT2D eigenvalue weighted by Gasteiger charge is -2.24. The Labute approximate surface area is 119 Å². The summed E-state index contributed by atoms with van der Waals surface area (Å²) in [7, 11) is 1.59. The molecule has 0 spiro atoms. The first-order valence-corrected chi connectivity index (χ1v) is 6.81. The third kappa shape index (κ3) is 5.63. The van der Waals surface area contributed by atoms with Gasteiger partial charge in [0.05, 0.1) is 18.5 Å². The van der Waals surface area contributed by atoms with E-state index in [9.17, 15) is 4.79 Å². The lowest BCUT2D eigenvalue weighted by molar-refractivity contribution is -0.131. The highest BCUT2D eigenvalue weighted by Crippen LogP contribution is 2.10. The minimum Gasteiger partial charge on any atom is -0.395 e. The zero-order valence-electron chi connectivity index (χ0n) is 11.2. The molecule has 5 heteroatoms. The number of hydrogen-bond donors (Lipinski definition) is 2. The molecule has 1 aromatic carbocycles. The first kappa shape index (κ1) is 16.0. The molecule has 0 aromatic heterocycles. The highest BCUT2D eigenvalue weighted by molar-refractivity contribution is 7.81. The zero-order chi connectivity index (χ0) is 14.1. The molecule has 0 aliphatic heterocycles. The van der Waals surface area contributed by atoms with Crippen LogP contribution in [0.15, 0.2) is 30.3 Å². The van der Waals surface area contributed by atoms with Gasteiger partial charge in [-0.25, -0.2) is 0 Å². The first-order chi connectivity index (χ1) is 9.19. The van der Waals surface area contributed by atoms with E-state index in [4.69, 9.17) is 9.84 Å². The van der Waals surface area contributed by atoms with Gasteiger partial charge in [-0.1, -0.05) is 30.3 Å². The van der Waals surface area contributed by atoms with Crippen molar-refractivity contribution in [2.45, 2.75) is 11.7 Å². The third-order valence-corrected chi connectivity index (χ3v) is 3.21. The molecule has 19 heavy (non-hydrogen) atoms. The molecule has 4 nitrogen and oxygen atoms in total. The second kappa shape index (κ2) is 8.96. The molecule has 1 amide bonds. The molecule has 106 valence electrons. The molecule has 0 fully saturated rings. The quantitative estimate of drug-likeness (QED) is 0.700. The molecule has 1 atom stereocenters. The molecule has 0 aliphatic carbocycles. The fourth-order valence-electron chi connectivity index (χ4n) is 1.79. The maximum Gasteiger partial charge on any atom is 0.235 e. The Balaban J connectivity index is 2.57. The number of carbonyl (C=O) groups is 1. The summed E-state index contributed by atoms with van der Waals surface area (Å²) in [4.78, 5) is 13.8. The largest absolute Gasteiger partial charge is 0.395 e. The summed E-state index contributed by atoms with van der Waals surface area (Å²) in [5.41, 5.74) is 1.08. The van der Waals surface area contributed by atoms with E-state index in [-0.39, 0.29) is 12.5 Å². The summed E-state index contributed by atoms with van der Waals surface area (Å²) in [6.07, 6.45) is 0.581. The van der Waals surface area contributed by atoms with Gasteiger partial charge < -0.3 is 14.7 Å². The normalized spacial score (nSPS) is 12.2. The van der Waals surface area contributed by atoms with Crippen LogP contribution in [0.3, 0.4) is 0 Å². The fraction of sp³-hybridized carbons (Fsp3) is 0.500. The number of thiol groups is 1. The van der Waals surface area contributed by atoms with E-state index in [1.807, 2.05) is 30.3 Å². The molecule has 1 unspecified atom stereocenters. The van der Waals surface area contributed by atoms with E-state index in [0.717, 1.165) is 5.56 Å². The van der Waals surface area contributed by atoms with Gasteiger partial charge in [-0.15, -0.1) is 0 Å². The SMILES string of the molecule is COCCN(CCO)C(=O)C(S)Cc1ccccc1. The summed E-state index contributed by atoms with van der Waals surface area (Å²) in [5, 5.41) is 8.60. The van der Waals surface area contributed by atoms with Gasteiger partial charge in [0, 0.05) is 20.2 Å². The molecule has 0 heterocycles. The van der Waals surface area contributed by atoms with Crippen LogP contribution in [0.4, 0.5) is 0 Å². The Bertz CT molecular complexity index is 372. The van der Waals surface area contributed by atoms with Gasteiger partial charge in [0.25, 0.3) is 0 Å². The van der Waals surface area contributed by atoms with Crippen molar-refractivity contribution >= 4 is 18.5 Å². The van der Waals surface area contributed by atoms with Crippen LogP contribution in [0.25, 0.3) is 0 Å². The van der Waals surface area contributed by atoms with Gasteiger partial charge in [-0.05, 0) is 12.0 Å². The molecule has 1 N–H and O–H groups in total. The van der Waals surface area contributed by atoms with Crippen molar-refractivity contribution in [3.05, 3.63) is 35.9 Å². The summed E-state index contributed by atoms with van der Waals surface area (Å²) < 4.78 is 4.97. The Morgan fingerprint density at radius 2 is 2.05 bits per heavy atom. The van der Waals surface area contributed by atoms with Crippen molar-refractivity contribution in [1.29, 1.82) is 0 Å². The van der Waals surface area contributed by atoms with Gasteiger partial charge in [-0.2, -0.15) is 12.6 Å². The van der Waals surface area contributed by atoms with E-state index < -0.39 is 5.25 Å². The number of carbonyl (C=O) groups excluding carboxylic acids is 1. The van der Waals surface area contributed by atoms with Crippen LogP contribution in [0.5, 0.6) is 0 Å². The predicted molar refractivity (Wildman–Crippen MR) is 78.5 cm³/mol. The van der Waals surface area contributed by atoms with Crippen LogP contribution in [0.1, 0.15) is 5.56 Å². The van der Waals surface area contributed by atoms with Gasteiger partial charge in [0.1, 0.15) is 0 Å². The molecule has 0 saturated carbocycles. The standard InChI is InChI=1S/C14H21NO3S/c1-18-10-8-15(7-9-16)14(17)13(19)11-12-5-3-2-4-6-12/h2-6,13,16,19H,7-11H2,1H3. The number of nitrogens with zero attached hydrogens (tertiary/aromatic N) is 1. The van der Waals surface area contributed by atoms with Crippen molar-refractivity contribution in [2.24, 2.45) is 0 Å². The number of rotatable bonds is 8. The molecule has 0 aliphatic rings. The number of aliphatic hydroxyl groups excluding tert-OH is 1. The monoisotopic (exact) mass is 283 g/mol. The van der Waals surface area contributed by atoms with E-state index >= 15 is 0 Å². The number of methoxy groups -OCH3 is 1. The van der Waals surface area contributed by atoms with Crippen molar-refractivity contribution in [3.63, 3.8) is 0 Å². The topological polar surface area (TPSA) is 49.8 Å². The number of hydrogen-bond acceptors (Lipinski definition) is 4. The maximum absolute atomic E-state index is 12.2. The maximum atomic E-state index is 12.2. The average molecular weight is 283 g/mol. The van der Waals surface area contributed by atoms with E-state index in [1.54, 1.807) is 12.0 Å². The Hall–Kier alpha value is -1.04. The van der Waals surface area contributed by atoms with Crippen LogP contribution in [-0.2, 0) is 16.0 Å². The van der Waals surface area contributed by atoms with Gasteiger partial charge in [0.2, 0.25) is 5.91 Å². The number of benzene rings is 1. The Morgan fingerprint density at radius 3 is 2.63 bits per heavy atom. The van der Waals surface area contributed by atoms with Gasteiger partial charge in [0.15, 0.2) is 0 Å². The van der Waals surface area contributed by atoms with Gasteiger partial charge >= 0.3 is 0 Å². The van der Waals surface area contributed by atoms with Crippen LogP contribution < -0.4 is 0 Å². The summed E-state index contributed by atoms with van der Waals surface area (Å²) in [6, 6.07) is 9.77. The molecule has 1 rings (SSSR count). The van der Waals surface area contributed by atoms with Crippen molar-refractivity contribution in [3.8, 4) is 0 Å². The molecule has 0 radical (unpaired) electrons.